The Labute approximate surface area is 172 Å². The average molecular weight is 483 g/mol. The first kappa shape index (κ1) is 21.6. The number of alkyl halides is 3. The van der Waals surface area contributed by atoms with E-state index in [1.807, 2.05) is 0 Å². The fraction of sp³-hybridized carbons (Fsp3) is 0.0526. The number of hydrogen-bond donors (Lipinski definition) is 0. The van der Waals surface area contributed by atoms with Crippen molar-refractivity contribution in [3.8, 4) is 0 Å². The first-order valence-corrected chi connectivity index (χ1v) is 9.71. The van der Waals surface area contributed by atoms with Crippen molar-refractivity contribution in [3.63, 3.8) is 0 Å². The molecule has 0 atom stereocenters. The van der Waals surface area contributed by atoms with Gasteiger partial charge in [-0.05, 0) is 23.8 Å². The summed E-state index contributed by atoms with van der Waals surface area (Å²) < 4.78 is -0.750. The molecule has 0 saturated carbocycles. The summed E-state index contributed by atoms with van der Waals surface area (Å²) in [6, 6.07) is 32.3. The maximum Gasteiger partial charge on any atom is 0.180 e. The van der Waals surface area contributed by atoms with Gasteiger partial charge < -0.3 is 0 Å². The first-order chi connectivity index (χ1) is 11.2. The normalized spacial score (nSPS) is 9.88. The van der Waals surface area contributed by atoms with E-state index in [2.05, 4.69) is 91.0 Å². The molecule has 0 aromatic heterocycles. The zero-order chi connectivity index (χ0) is 16.5. The monoisotopic (exact) mass is 482 g/mol. The molecule has 0 unspecified atom stereocenters. The molecular formula is C19H16Cl3PRu. The molecule has 3 aromatic carbocycles. The van der Waals surface area contributed by atoms with Gasteiger partial charge in [-0.1, -0.05) is 126 Å². The van der Waals surface area contributed by atoms with E-state index in [0.29, 0.717) is 0 Å². The van der Waals surface area contributed by atoms with E-state index in [9.17, 15) is 0 Å². The Balaban J connectivity index is 0.000000522. The molecule has 0 bridgehead atoms. The summed E-state index contributed by atoms with van der Waals surface area (Å²) >= 11 is 14.4. The van der Waals surface area contributed by atoms with Crippen molar-refractivity contribution in [3.05, 3.63) is 91.0 Å². The second kappa shape index (κ2) is 12.0. The summed E-state index contributed by atoms with van der Waals surface area (Å²) in [5.74, 6) is 0. The van der Waals surface area contributed by atoms with E-state index in [0.717, 1.165) is 0 Å². The van der Waals surface area contributed by atoms with Crippen LogP contribution in [0.4, 0.5) is 0 Å². The van der Waals surface area contributed by atoms with E-state index in [-0.39, 0.29) is 19.5 Å². The van der Waals surface area contributed by atoms with Crippen LogP contribution >= 0.6 is 42.7 Å². The zero-order valence-corrected chi connectivity index (χ0v) is 17.6. The van der Waals surface area contributed by atoms with Crippen LogP contribution in [0.3, 0.4) is 0 Å². The standard InChI is InChI=1S/C18H15P.CHCl3.Ru/c1-4-10-16(11-5-1)19(17-12-6-2-7-13-17)18-14-8-3-9-15-18;2-1(3)4;/h1-15H;1H;. The summed E-state index contributed by atoms with van der Waals surface area (Å²) in [5, 5.41) is 4.19. The van der Waals surface area contributed by atoms with E-state index >= 15 is 0 Å². The molecule has 24 heavy (non-hydrogen) atoms. The quantitative estimate of drug-likeness (QED) is 0.265. The molecule has 0 fully saturated rings. The molecule has 0 heterocycles. The third-order valence-electron chi connectivity index (χ3n) is 3.04. The van der Waals surface area contributed by atoms with Crippen LogP contribution in [0, 0.1) is 0 Å². The Bertz CT molecular complexity index is 582. The molecule has 0 aliphatic heterocycles. The van der Waals surface area contributed by atoms with Crippen LogP contribution in [0.15, 0.2) is 91.0 Å². The molecule has 3 aromatic rings. The van der Waals surface area contributed by atoms with Crippen molar-refractivity contribution in [1.29, 1.82) is 0 Å². The molecule has 5 heteroatoms. The summed E-state index contributed by atoms with van der Waals surface area (Å²) in [6.07, 6.45) is 0. The summed E-state index contributed by atoms with van der Waals surface area (Å²) in [5.41, 5.74) is 0. The van der Waals surface area contributed by atoms with Crippen molar-refractivity contribution in [1.82, 2.24) is 0 Å². The van der Waals surface area contributed by atoms with Gasteiger partial charge in [-0.15, -0.1) is 0 Å². The molecule has 0 spiro atoms. The SMILES string of the molecule is ClC(Cl)Cl.[Ru].c1ccc(P(c2ccccc2)c2ccccc2)cc1. The Kier molecular flexibility index (Phi) is 10.8. The first-order valence-electron chi connectivity index (χ1n) is 7.06. The number of hydrogen-bond acceptors (Lipinski definition) is 0. The Morgan fingerprint density at radius 3 is 0.917 bits per heavy atom. The molecule has 3 rings (SSSR count). The molecule has 0 saturated heterocycles. The minimum atomic E-state index is -0.750. The van der Waals surface area contributed by atoms with Gasteiger partial charge in [0.1, 0.15) is 0 Å². The second-order valence-corrected chi connectivity index (χ2v) is 8.79. The van der Waals surface area contributed by atoms with Crippen molar-refractivity contribution in [2.45, 2.75) is 4.30 Å². The Hall–Kier alpha value is -0.417. The molecule has 0 radical (unpaired) electrons. The predicted molar refractivity (Wildman–Crippen MR) is 106 cm³/mol. The van der Waals surface area contributed by atoms with Crippen molar-refractivity contribution in [2.75, 3.05) is 0 Å². The van der Waals surface area contributed by atoms with Gasteiger partial charge in [0.2, 0.25) is 0 Å². The molecule has 126 valence electrons. The van der Waals surface area contributed by atoms with Gasteiger partial charge in [0.15, 0.2) is 4.30 Å². The van der Waals surface area contributed by atoms with Crippen LogP contribution in [0.1, 0.15) is 0 Å². The number of rotatable bonds is 3. The maximum absolute atomic E-state index is 4.81. The summed E-state index contributed by atoms with van der Waals surface area (Å²) in [7, 11) is -0.446. The largest absolute Gasteiger partial charge is 0.180 e. The smallest absolute Gasteiger partial charge is 0.0874 e. The van der Waals surface area contributed by atoms with Crippen LogP contribution < -0.4 is 15.9 Å². The molecule has 0 nitrogen and oxygen atoms in total. The van der Waals surface area contributed by atoms with Gasteiger partial charge >= 0.3 is 0 Å². The van der Waals surface area contributed by atoms with Crippen LogP contribution in [0.25, 0.3) is 0 Å². The van der Waals surface area contributed by atoms with Crippen LogP contribution in [-0.4, -0.2) is 4.30 Å². The average Bonchev–Trinajstić information content (AvgIpc) is 2.58. The maximum atomic E-state index is 4.81. The van der Waals surface area contributed by atoms with Crippen LogP contribution in [-0.2, 0) is 19.5 Å². The van der Waals surface area contributed by atoms with Gasteiger partial charge in [-0.25, -0.2) is 0 Å². The van der Waals surface area contributed by atoms with Crippen molar-refractivity contribution in [2.24, 2.45) is 0 Å². The molecule has 0 N–H and O–H groups in total. The third kappa shape index (κ3) is 7.22. The third-order valence-corrected chi connectivity index (χ3v) is 5.49. The fourth-order valence-corrected chi connectivity index (χ4v) is 4.48. The van der Waals surface area contributed by atoms with Crippen LogP contribution in [0.5, 0.6) is 0 Å². The topological polar surface area (TPSA) is 0 Å². The van der Waals surface area contributed by atoms with Gasteiger partial charge in [-0.2, -0.15) is 0 Å². The zero-order valence-electron chi connectivity index (χ0n) is 12.7. The summed E-state index contributed by atoms with van der Waals surface area (Å²) in [4.78, 5) is 0. The predicted octanol–water partition coefficient (Wildman–Crippen LogP) is 5.43. The van der Waals surface area contributed by atoms with E-state index in [1.165, 1.54) is 15.9 Å². The molecule has 0 aliphatic carbocycles. The number of halogens is 3. The minimum absolute atomic E-state index is 0. The molecular weight excluding hydrogens is 467 g/mol. The van der Waals surface area contributed by atoms with Crippen molar-refractivity contribution < 1.29 is 19.5 Å². The minimum Gasteiger partial charge on any atom is -0.0874 e. The Morgan fingerprint density at radius 1 is 0.500 bits per heavy atom. The van der Waals surface area contributed by atoms with Gasteiger partial charge in [0, 0.05) is 19.5 Å². The van der Waals surface area contributed by atoms with Gasteiger partial charge in [-0.3, -0.25) is 0 Å². The van der Waals surface area contributed by atoms with Gasteiger partial charge in [0.25, 0.3) is 0 Å². The van der Waals surface area contributed by atoms with Crippen LogP contribution in [0.2, 0.25) is 0 Å². The second-order valence-electron chi connectivity index (χ2n) is 4.59. The van der Waals surface area contributed by atoms with Crippen molar-refractivity contribution >= 4 is 58.6 Å². The van der Waals surface area contributed by atoms with E-state index in [1.54, 1.807) is 0 Å². The number of benzene rings is 3. The Morgan fingerprint density at radius 2 is 0.708 bits per heavy atom. The van der Waals surface area contributed by atoms with Gasteiger partial charge in [0.05, 0.1) is 0 Å². The molecule has 0 aliphatic rings. The summed E-state index contributed by atoms with van der Waals surface area (Å²) in [6.45, 7) is 0. The van der Waals surface area contributed by atoms with E-state index in [4.69, 9.17) is 34.8 Å². The van der Waals surface area contributed by atoms with E-state index < -0.39 is 12.2 Å². The molecule has 0 amide bonds. The fourth-order valence-electron chi connectivity index (χ4n) is 2.18.